The summed E-state index contributed by atoms with van der Waals surface area (Å²) in [5, 5.41) is 2.80. The summed E-state index contributed by atoms with van der Waals surface area (Å²) in [6.45, 7) is 1.43. The van der Waals surface area contributed by atoms with Crippen molar-refractivity contribution in [3.63, 3.8) is 0 Å². The molecule has 0 aliphatic carbocycles. The second-order valence-corrected chi connectivity index (χ2v) is 5.14. The van der Waals surface area contributed by atoms with Gasteiger partial charge in [-0.2, -0.15) is 0 Å². The predicted octanol–water partition coefficient (Wildman–Crippen LogP) is 1.72. The van der Waals surface area contributed by atoms with Gasteiger partial charge in [0, 0.05) is 30.7 Å². The topological polar surface area (TPSA) is 55.4 Å². The van der Waals surface area contributed by atoms with E-state index in [1.807, 2.05) is 12.1 Å². The van der Waals surface area contributed by atoms with E-state index in [2.05, 4.69) is 5.32 Å². The Kier molecular flexibility index (Phi) is 3.34. The average Bonchev–Trinajstić information content (AvgIpc) is 2.92. The molecule has 100 valence electrons. The molecule has 0 spiro atoms. The van der Waals surface area contributed by atoms with Crippen LogP contribution in [0, 0.1) is 0 Å². The second kappa shape index (κ2) is 5.13. The van der Waals surface area contributed by atoms with Gasteiger partial charge in [-0.25, -0.2) is 0 Å². The summed E-state index contributed by atoms with van der Waals surface area (Å²) >= 11 is 0. The van der Waals surface area contributed by atoms with E-state index in [9.17, 15) is 9.59 Å². The van der Waals surface area contributed by atoms with Crippen LogP contribution in [0.15, 0.2) is 18.2 Å². The highest BCUT2D eigenvalue weighted by Crippen LogP contribution is 2.20. The first kappa shape index (κ1) is 12.4. The van der Waals surface area contributed by atoms with E-state index >= 15 is 0 Å². The maximum absolute atomic E-state index is 12.2. The Morgan fingerprint density at radius 1 is 1.42 bits per heavy atom. The van der Waals surface area contributed by atoms with E-state index < -0.39 is 0 Å². The van der Waals surface area contributed by atoms with Gasteiger partial charge in [-0.15, -0.1) is 0 Å². The minimum absolute atomic E-state index is 0.0531. The van der Waals surface area contributed by atoms with Crippen molar-refractivity contribution in [3.05, 3.63) is 34.9 Å². The molecule has 1 aromatic carbocycles. The second-order valence-electron chi connectivity index (χ2n) is 5.14. The van der Waals surface area contributed by atoms with Crippen molar-refractivity contribution < 1.29 is 14.3 Å². The van der Waals surface area contributed by atoms with Crippen molar-refractivity contribution in [3.8, 4) is 0 Å². The fourth-order valence-electron chi connectivity index (χ4n) is 2.72. The number of amides is 1. The molecule has 3 rings (SSSR count). The van der Waals surface area contributed by atoms with Crippen LogP contribution in [-0.2, 0) is 11.2 Å². The van der Waals surface area contributed by atoms with Crippen molar-refractivity contribution in [1.82, 2.24) is 5.32 Å². The third-order valence-corrected chi connectivity index (χ3v) is 3.79. The van der Waals surface area contributed by atoms with Gasteiger partial charge in [-0.05, 0) is 30.9 Å². The maximum atomic E-state index is 12.2. The Balaban J connectivity index is 1.79. The van der Waals surface area contributed by atoms with Crippen LogP contribution in [-0.4, -0.2) is 30.9 Å². The number of ether oxygens (including phenoxy) is 1. The molecule has 1 aromatic rings. The lowest BCUT2D eigenvalue weighted by Crippen LogP contribution is -2.32. The number of hydrogen-bond acceptors (Lipinski definition) is 3. The fourth-order valence-corrected chi connectivity index (χ4v) is 2.72. The Hall–Kier alpha value is -1.68. The highest BCUT2D eigenvalue weighted by Gasteiger charge is 2.22. The van der Waals surface area contributed by atoms with Crippen molar-refractivity contribution in [2.24, 2.45) is 0 Å². The Morgan fingerprint density at radius 2 is 2.32 bits per heavy atom. The van der Waals surface area contributed by atoms with Gasteiger partial charge in [0.15, 0.2) is 5.78 Å². The number of Topliss-reactive ketones (excluding diaryl/α,β-unsaturated/α-hetero) is 1. The lowest BCUT2D eigenvalue weighted by molar-refractivity contribution is 0.0775. The van der Waals surface area contributed by atoms with Gasteiger partial charge in [0.05, 0.1) is 6.10 Å². The van der Waals surface area contributed by atoms with Crippen LogP contribution in [0.3, 0.4) is 0 Å². The Bertz CT molecular complexity index is 518. The molecule has 0 saturated carbocycles. The van der Waals surface area contributed by atoms with E-state index in [4.69, 9.17) is 4.74 Å². The van der Waals surface area contributed by atoms with E-state index in [1.54, 1.807) is 6.07 Å². The summed E-state index contributed by atoms with van der Waals surface area (Å²) < 4.78 is 5.48. The van der Waals surface area contributed by atoms with E-state index in [-0.39, 0.29) is 17.8 Å². The summed E-state index contributed by atoms with van der Waals surface area (Å²) in [6, 6.07) is 5.45. The molecule has 2 aliphatic heterocycles. The summed E-state index contributed by atoms with van der Waals surface area (Å²) in [6.07, 6.45) is 3.29. The molecule has 0 aromatic heterocycles. The van der Waals surface area contributed by atoms with Crippen LogP contribution in [0.4, 0.5) is 0 Å². The molecule has 2 heterocycles. The number of fused-ring (bicyclic) bond motifs is 1. The van der Waals surface area contributed by atoms with Gasteiger partial charge in [0.2, 0.25) is 0 Å². The molecule has 0 bridgehead atoms. The number of carbonyl (C=O) groups is 2. The van der Waals surface area contributed by atoms with Crippen LogP contribution >= 0.6 is 0 Å². The predicted molar refractivity (Wildman–Crippen MR) is 70.4 cm³/mol. The monoisotopic (exact) mass is 259 g/mol. The third kappa shape index (κ3) is 2.54. The molecule has 1 unspecified atom stereocenters. The zero-order chi connectivity index (χ0) is 13.2. The largest absolute Gasteiger partial charge is 0.378 e. The molecular formula is C15H17NO3. The van der Waals surface area contributed by atoms with Crippen molar-refractivity contribution in [2.75, 3.05) is 13.2 Å². The highest BCUT2D eigenvalue weighted by molar-refractivity contribution is 6.02. The van der Waals surface area contributed by atoms with E-state index in [0.717, 1.165) is 31.4 Å². The molecule has 1 fully saturated rings. The SMILES string of the molecule is O=C(CC1CCCO1)c1ccc2c(c1)C(=O)NCC2. The minimum atomic E-state index is -0.0759. The molecule has 1 saturated heterocycles. The standard InChI is InChI=1S/C15H17NO3/c17-14(9-12-2-1-7-19-12)11-4-3-10-5-6-16-15(18)13(10)8-11/h3-4,8,12H,1-2,5-7,9H2,(H,16,18). The van der Waals surface area contributed by atoms with Crippen LogP contribution in [0.25, 0.3) is 0 Å². The first-order valence-corrected chi connectivity index (χ1v) is 6.80. The smallest absolute Gasteiger partial charge is 0.251 e. The average molecular weight is 259 g/mol. The van der Waals surface area contributed by atoms with Crippen LogP contribution in [0.5, 0.6) is 0 Å². The molecule has 0 radical (unpaired) electrons. The summed E-state index contributed by atoms with van der Waals surface area (Å²) in [5.41, 5.74) is 2.29. The van der Waals surface area contributed by atoms with Crippen molar-refractivity contribution in [1.29, 1.82) is 0 Å². The Labute approximate surface area is 112 Å². The number of carbonyl (C=O) groups excluding carboxylic acids is 2. The molecule has 1 atom stereocenters. The summed E-state index contributed by atoms with van der Waals surface area (Å²) in [7, 11) is 0. The molecule has 4 nitrogen and oxygen atoms in total. The maximum Gasteiger partial charge on any atom is 0.251 e. The fraction of sp³-hybridized carbons (Fsp3) is 0.467. The molecule has 19 heavy (non-hydrogen) atoms. The van der Waals surface area contributed by atoms with Gasteiger partial charge >= 0.3 is 0 Å². The van der Waals surface area contributed by atoms with Crippen LogP contribution in [0.1, 0.15) is 45.5 Å². The molecule has 1 amide bonds. The number of ketones is 1. The van der Waals surface area contributed by atoms with E-state index in [0.29, 0.717) is 24.1 Å². The van der Waals surface area contributed by atoms with Gasteiger partial charge in [0.1, 0.15) is 0 Å². The molecule has 4 heteroatoms. The van der Waals surface area contributed by atoms with Crippen LogP contribution in [0.2, 0.25) is 0 Å². The number of rotatable bonds is 3. The number of benzene rings is 1. The first-order chi connectivity index (χ1) is 9.24. The van der Waals surface area contributed by atoms with Crippen LogP contribution < -0.4 is 5.32 Å². The third-order valence-electron chi connectivity index (χ3n) is 3.79. The zero-order valence-electron chi connectivity index (χ0n) is 10.8. The normalized spacial score (nSPS) is 21.9. The van der Waals surface area contributed by atoms with Crippen molar-refractivity contribution in [2.45, 2.75) is 31.8 Å². The Morgan fingerprint density at radius 3 is 3.11 bits per heavy atom. The molecular weight excluding hydrogens is 242 g/mol. The molecule has 2 aliphatic rings. The lowest BCUT2D eigenvalue weighted by atomic mass is 9.95. The number of hydrogen-bond donors (Lipinski definition) is 1. The minimum Gasteiger partial charge on any atom is -0.378 e. The summed E-state index contributed by atoms with van der Waals surface area (Å²) in [4.78, 5) is 23.9. The highest BCUT2D eigenvalue weighted by atomic mass is 16.5. The van der Waals surface area contributed by atoms with Crippen molar-refractivity contribution >= 4 is 11.7 Å². The van der Waals surface area contributed by atoms with Gasteiger partial charge in [-0.3, -0.25) is 9.59 Å². The first-order valence-electron chi connectivity index (χ1n) is 6.80. The van der Waals surface area contributed by atoms with Gasteiger partial charge in [0.25, 0.3) is 5.91 Å². The van der Waals surface area contributed by atoms with E-state index in [1.165, 1.54) is 0 Å². The van der Waals surface area contributed by atoms with Gasteiger partial charge < -0.3 is 10.1 Å². The van der Waals surface area contributed by atoms with Gasteiger partial charge in [-0.1, -0.05) is 12.1 Å². The lowest BCUT2D eigenvalue weighted by Gasteiger charge is -2.17. The zero-order valence-corrected chi connectivity index (χ0v) is 10.8. The molecule has 1 N–H and O–H groups in total. The quantitative estimate of drug-likeness (QED) is 0.841. The summed E-state index contributed by atoms with van der Waals surface area (Å²) in [5.74, 6) is -0.0129. The number of nitrogens with one attached hydrogen (secondary N) is 1.